The van der Waals surface area contributed by atoms with Crippen LogP contribution in [-0.2, 0) is 6.54 Å². The second-order valence-electron chi connectivity index (χ2n) is 4.17. The van der Waals surface area contributed by atoms with E-state index in [1.807, 2.05) is 0 Å². The summed E-state index contributed by atoms with van der Waals surface area (Å²) < 4.78 is 2.34. The van der Waals surface area contributed by atoms with Gasteiger partial charge >= 0.3 is 0 Å². The number of alkyl halides is 1. The quantitative estimate of drug-likeness (QED) is 0.515. The number of hydrogen-bond donors (Lipinski definition) is 0. The molecule has 86 valence electrons. The largest absolute Gasteiger partial charge is 0.347 e. The van der Waals surface area contributed by atoms with Gasteiger partial charge in [0.05, 0.1) is 0 Å². The van der Waals surface area contributed by atoms with Gasteiger partial charge in [-0.25, -0.2) is 0 Å². The lowest BCUT2D eigenvalue weighted by atomic mass is 10.2. The van der Waals surface area contributed by atoms with E-state index in [2.05, 4.69) is 41.1 Å². The molecule has 2 rings (SSSR count). The van der Waals surface area contributed by atoms with Gasteiger partial charge < -0.3 is 4.57 Å². The third-order valence-electron chi connectivity index (χ3n) is 2.96. The molecule has 0 atom stereocenters. The Morgan fingerprint density at radius 1 is 0.938 bits per heavy atom. The molecular formula is C14H18ClN. The summed E-state index contributed by atoms with van der Waals surface area (Å²) in [5.74, 6) is 0.798. The van der Waals surface area contributed by atoms with Crippen LogP contribution in [0.15, 0.2) is 36.5 Å². The summed E-state index contributed by atoms with van der Waals surface area (Å²) in [4.78, 5) is 0. The first-order chi connectivity index (χ1) is 7.92. The second-order valence-corrected chi connectivity index (χ2v) is 4.55. The third kappa shape index (κ3) is 2.79. The first-order valence-corrected chi connectivity index (χ1v) is 6.55. The Bertz CT molecular complexity index is 433. The second kappa shape index (κ2) is 5.95. The predicted octanol–water partition coefficient (Wildman–Crippen LogP) is 4.44. The van der Waals surface area contributed by atoms with Crippen molar-refractivity contribution in [2.24, 2.45) is 0 Å². The van der Waals surface area contributed by atoms with E-state index in [0.717, 1.165) is 18.8 Å². The number of benzene rings is 1. The van der Waals surface area contributed by atoms with Gasteiger partial charge in [0, 0.05) is 24.1 Å². The Hall–Kier alpha value is -0.950. The van der Waals surface area contributed by atoms with Crippen LogP contribution in [0.4, 0.5) is 0 Å². The summed E-state index contributed by atoms with van der Waals surface area (Å²) in [5.41, 5.74) is 1.35. The summed E-state index contributed by atoms with van der Waals surface area (Å²) in [7, 11) is 0. The van der Waals surface area contributed by atoms with E-state index in [-0.39, 0.29) is 0 Å². The number of halogens is 1. The molecular weight excluding hydrogens is 218 g/mol. The fourth-order valence-electron chi connectivity index (χ4n) is 2.07. The van der Waals surface area contributed by atoms with Crippen molar-refractivity contribution in [3.8, 4) is 0 Å². The molecule has 0 aliphatic heterocycles. The van der Waals surface area contributed by atoms with Crippen molar-refractivity contribution in [3.63, 3.8) is 0 Å². The number of aromatic nitrogens is 1. The van der Waals surface area contributed by atoms with Crippen molar-refractivity contribution in [2.75, 3.05) is 5.88 Å². The van der Waals surface area contributed by atoms with Gasteiger partial charge in [0.1, 0.15) is 0 Å². The van der Waals surface area contributed by atoms with E-state index >= 15 is 0 Å². The number of nitrogens with zero attached hydrogens (tertiary/aromatic N) is 1. The molecule has 0 amide bonds. The fourth-order valence-corrected chi connectivity index (χ4v) is 2.25. The molecule has 1 nitrogen and oxygen atoms in total. The first kappa shape index (κ1) is 11.5. The van der Waals surface area contributed by atoms with Crippen molar-refractivity contribution in [2.45, 2.75) is 32.2 Å². The predicted molar refractivity (Wildman–Crippen MR) is 71.1 cm³/mol. The van der Waals surface area contributed by atoms with Crippen molar-refractivity contribution in [1.29, 1.82) is 0 Å². The van der Waals surface area contributed by atoms with E-state index < -0.39 is 0 Å². The number of unbranched alkanes of at least 4 members (excludes halogenated alkanes) is 3. The molecule has 1 heterocycles. The molecule has 1 aromatic carbocycles. The lowest BCUT2D eigenvalue weighted by Gasteiger charge is -2.04. The highest BCUT2D eigenvalue weighted by molar-refractivity contribution is 6.17. The number of para-hydroxylation sites is 1. The van der Waals surface area contributed by atoms with Crippen LogP contribution in [0, 0.1) is 0 Å². The number of hydrogen-bond acceptors (Lipinski definition) is 0. The smallest absolute Gasteiger partial charge is 0.0480 e. The van der Waals surface area contributed by atoms with Crippen LogP contribution >= 0.6 is 11.6 Å². The topological polar surface area (TPSA) is 4.93 Å². The molecule has 0 saturated carbocycles. The van der Waals surface area contributed by atoms with Crippen LogP contribution in [0.3, 0.4) is 0 Å². The Kier molecular flexibility index (Phi) is 4.29. The highest BCUT2D eigenvalue weighted by Crippen LogP contribution is 2.16. The van der Waals surface area contributed by atoms with Gasteiger partial charge in [0.15, 0.2) is 0 Å². The first-order valence-electron chi connectivity index (χ1n) is 6.01. The molecule has 0 N–H and O–H groups in total. The van der Waals surface area contributed by atoms with E-state index in [4.69, 9.17) is 11.6 Å². The maximum Gasteiger partial charge on any atom is 0.0480 e. The number of rotatable bonds is 6. The molecule has 0 unspecified atom stereocenters. The minimum atomic E-state index is 0.798. The maximum atomic E-state index is 5.65. The Morgan fingerprint density at radius 2 is 1.75 bits per heavy atom. The Balaban J connectivity index is 1.89. The zero-order chi connectivity index (χ0) is 11.2. The third-order valence-corrected chi connectivity index (χ3v) is 3.23. The van der Waals surface area contributed by atoms with Gasteiger partial charge in [-0.3, -0.25) is 0 Å². The minimum absolute atomic E-state index is 0.798. The monoisotopic (exact) mass is 235 g/mol. The normalized spacial score (nSPS) is 11.1. The number of fused-ring (bicyclic) bond motifs is 1. The Morgan fingerprint density at radius 3 is 2.62 bits per heavy atom. The standard InChI is InChI=1S/C14H18ClN/c15-10-5-1-2-6-11-16-12-9-13-7-3-4-8-14(13)16/h3-4,7-9,12H,1-2,5-6,10-11H2. The zero-order valence-corrected chi connectivity index (χ0v) is 10.3. The highest BCUT2D eigenvalue weighted by atomic mass is 35.5. The van der Waals surface area contributed by atoms with Crippen LogP contribution in [-0.4, -0.2) is 10.4 Å². The molecule has 0 aliphatic carbocycles. The maximum absolute atomic E-state index is 5.65. The lowest BCUT2D eigenvalue weighted by Crippen LogP contribution is -1.95. The average molecular weight is 236 g/mol. The molecule has 0 bridgehead atoms. The Labute approximate surface area is 102 Å². The molecule has 0 radical (unpaired) electrons. The van der Waals surface area contributed by atoms with Crippen molar-refractivity contribution in [3.05, 3.63) is 36.5 Å². The SMILES string of the molecule is ClCCCCCCn1ccc2ccccc21. The summed E-state index contributed by atoms with van der Waals surface area (Å²) in [6, 6.07) is 10.7. The average Bonchev–Trinajstić information content (AvgIpc) is 2.73. The minimum Gasteiger partial charge on any atom is -0.347 e. The fraction of sp³-hybridized carbons (Fsp3) is 0.429. The number of aryl methyl sites for hydroxylation is 1. The summed E-state index contributed by atoms with van der Waals surface area (Å²) >= 11 is 5.65. The summed E-state index contributed by atoms with van der Waals surface area (Å²) in [6.07, 6.45) is 7.11. The van der Waals surface area contributed by atoms with Crippen molar-refractivity contribution < 1.29 is 0 Å². The molecule has 2 heteroatoms. The molecule has 0 aliphatic rings. The zero-order valence-electron chi connectivity index (χ0n) is 9.53. The van der Waals surface area contributed by atoms with Crippen molar-refractivity contribution in [1.82, 2.24) is 4.57 Å². The van der Waals surface area contributed by atoms with Crippen LogP contribution in [0.1, 0.15) is 25.7 Å². The van der Waals surface area contributed by atoms with E-state index in [9.17, 15) is 0 Å². The molecule has 0 saturated heterocycles. The molecule has 1 aromatic heterocycles. The van der Waals surface area contributed by atoms with Crippen LogP contribution in [0.5, 0.6) is 0 Å². The van der Waals surface area contributed by atoms with Gasteiger partial charge in [-0.2, -0.15) is 0 Å². The molecule has 16 heavy (non-hydrogen) atoms. The van der Waals surface area contributed by atoms with Crippen LogP contribution in [0.2, 0.25) is 0 Å². The highest BCUT2D eigenvalue weighted by Gasteiger charge is 1.98. The summed E-state index contributed by atoms with van der Waals surface area (Å²) in [5, 5.41) is 1.34. The van der Waals surface area contributed by atoms with Gasteiger partial charge in [0.2, 0.25) is 0 Å². The molecule has 2 aromatic rings. The van der Waals surface area contributed by atoms with E-state index in [1.165, 1.54) is 30.2 Å². The van der Waals surface area contributed by atoms with Crippen LogP contribution < -0.4 is 0 Å². The summed E-state index contributed by atoms with van der Waals surface area (Å²) in [6.45, 7) is 1.12. The lowest BCUT2D eigenvalue weighted by molar-refractivity contribution is 0.595. The molecule has 0 fully saturated rings. The van der Waals surface area contributed by atoms with Crippen molar-refractivity contribution >= 4 is 22.5 Å². The van der Waals surface area contributed by atoms with Gasteiger partial charge in [-0.1, -0.05) is 31.0 Å². The van der Waals surface area contributed by atoms with Gasteiger partial charge in [-0.15, -0.1) is 11.6 Å². The van der Waals surface area contributed by atoms with E-state index in [0.29, 0.717) is 0 Å². The van der Waals surface area contributed by atoms with Crippen LogP contribution in [0.25, 0.3) is 10.9 Å². The van der Waals surface area contributed by atoms with E-state index in [1.54, 1.807) is 0 Å². The van der Waals surface area contributed by atoms with Gasteiger partial charge in [0.25, 0.3) is 0 Å². The van der Waals surface area contributed by atoms with Gasteiger partial charge in [-0.05, 0) is 30.4 Å². The molecule has 0 spiro atoms.